The van der Waals surface area contributed by atoms with Gasteiger partial charge in [-0.05, 0) is 29.8 Å². The molecule has 116 valence electrons. The van der Waals surface area contributed by atoms with Crippen LogP contribution < -0.4 is 11.1 Å². The van der Waals surface area contributed by atoms with E-state index in [1.807, 2.05) is 12.1 Å². The minimum Gasteiger partial charge on any atom is -0.352 e. The fourth-order valence-corrected chi connectivity index (χ4v) is 3.06. The minimum atomic E-state index is -0.575. The van der Waals surface area contributed by atoms with E-state index in [0.29, 0.717) is 23.0 Å². The summed E-state index contributed by atoms with van der Waals surface area (Å²) in [5, 5.41) is 2.50. The molecule has 0 aliphatic carbocycles. The Morgan fingerprint density at radius 3 is 2.45 bits per heavy atom. The van der Waals surface area contributed by atoms with Crippen LogP contribution >= 0.6 is 22.9 Å². The number of hydrogen-bond donors (Lipinski definition) is 2. The number of rotatable bonds is 5. The van der Waals surface area contributed by atoms with Crippen LogP contribution in [-0.2, 0) is 13.1 Å². The molecule has 2 aromatic rings. The molecule has 7 heteroatoms. The minimum absolute atomic E-state index is 0.0704. The number of primary amides is 1. The van der Waals surface area contributed by atoms with Crippen molar-refractivity contribution >= 4 is 34.9 Å². The third-order valence-electron chi connectivity index (χ3n) is 3.04. The molecule has 0 unspecified atom stereocenters. The molecule has 1 heterocycles. The van der Waals surface area contributed by atoms with Crippen molar-refractivity contribution < 1.29 is 9.59 Å². The van der Waals surface area contributed by atoms with Gasteiger partial charge < -0.3 is 16.0 Å². The number of carbonyl (C=O) groups excluding carboxylic acids is 2. The van der Waals surface area contributed by atoms with Crippen LogP contribution in [0.15, 0.2) is 36.4 Å². The first-order valence-electron chi connectivity index (χ1n) is 6.57. The maximum absolute atomic E-state index is 12.3. The van der Waals surface area contributed by atoms with Crippen LogP contribution in [0.5, 0.6) is 0 Å². The van der Waals surface area contributed by atoms with Gasteiger partial charge in [0.25, 0.3) is 5.91 Å². The Morgan fingerprint density at radius 1 is 1.23 bits per heavy atom. The summed E-state index contributed by atoms with van der Waals surface area (Å²) in [5.74, 6) is -0.0704. The predicted octanol–water partition coefficient (Wildman–Crippen LogP) is 2.84. The summed E-state index contributed by atoms with van der Waals surface area (Å²) < 4.78 is 0.710. The van der Waals surface area contributed by atoms with E-state index >= 15 is 0 Å². The Bertz CT molecular complexity index is 670. The van der Waals surface area contributed by atoms with E-state index in [2.05, 4.69) is 5.32 Å². The largest absolute Gasteiger partial charge is 0.352 e. The first kappa shape index (κ1) is 16.3. The van der Waals surface area contributed by atoms with Crippen LogP contribution in [0.2, 0.25) is 4.34 Å². The normalized spacial score (nSPS) is 10.3. The van der Waals surface area contributed by atoms with E-state index in [9.17, 15) is 9.59 Å². The highest BCUT2D eigenvalue weighted by molar-refractivity contribution is 7.16. The molecule has 1 aromatic carbocycles. The Hall–Kier alpha value is -2.05. The number of nitrogens with two attached hydrogens (primary N) is 1. The molecule has 5 nitrogen and oxygen atoms in total. The average Bonchev–Trinajstić information content (AvgIpc) is 2.90. The van der Waals surface area contributed by atoms with Crippen molar-refractivity contribution in [1.29, 1.82) is 0 Å². The summed E-state index contributed by atoms with van der Waals surface area (Å²) in [4.78, 5) is 25.7. The number of carbonyl (C=O) groups is 2. The molecule has 0 saturated carbocycles. The number of nitrogens with zero attached hydrogens (tertiary/aromatic N) is 1. The molecule has 0 aliphatic rings. The van der Waals surface area contributed by atoms with Gasteiger partial charge in [0.2, 0.25) is 0 Å². The fourth-order valence-electron chi connectivity index (χ4n) is 1.92. The van der Waals surface area contributed by atoms with Crippen molar-refractivity contribution in [2.45, 2.75) is 13.1 Å². The fraction of sp³-hybridized carbons (Fsp3) is 0.200. The van der Waals surface area contributed by atoms with Gasteiger partial charge in [0.15, 0.2) is 0 Å². The monoisotopic (exact) mass is 337 g/mol. The van der Waals surface area contributed by atoms with Crippen LogP contribution in [0.25, 0.3) is 0 Å². The van der Waals surface area contributed by atoms with Gasteiger partial charge in [-0.2, -0.15) is 0 Å². The van der Waals surface area contributed by atoms with Gasteiger partial charge in [-0.3, -0.25) is 4.79 Å². The van der Waals surface area contributed by atoms with Crippen LogP contribution in [0.3, 0.4) is 0 Å². The third kappa shape index (κ3) is 4.47. The summed E-state index contributed by atoms with van der Waals surface area (Å²) in [6, 6.07) is 10.2. The summed E-state index contributed by atoms with van der Waals surface area (Å²) in [6.07, 6.45) is 0. The van der Waals surface area contributed by atoms with Crippen molar-refractivity contribution in [3.63, 3.8) is 0 Å². The second kappa shape index (κ2) is 7.29. The van der Waals surface area contributed by atoms with Gasteiger partial charge in [0.1, 0.15) is 0 Å². The highest BCUT2D eigenvalue weighted by Gasteiger charge is 2.13. The van der Waals surface area contributed by atoms with Gasteiger partial charge >= 0.3 is 6.03 Å². The smallest absolute Gasteiger partial charge is 0.312 e. The van der Waals surface area contributed by atoms with E-state index in [4.69, 9.17) is 17.3 Å². The highest BCUT2D eigenvalue weighted by Crippen LogP contribution is 2.22. The lowest BCUT2D eigenvalue weighted by Crippen LogP contribution is -2.28. The SMILES string of the molecule is CN(Cc1ccc(Cl)s1)C(=O)c1ccc(CNC(N)=O)cc1. The summed E-state index contributed by atoms with van der Waals surface area (Å²) in [7, 11) is 1.75. The molecule has 0 saturated heterocycles. The molecule has 2 rings (SSSR count). The van der Waals surface area contributed by atoms with E-state index in [1.165, 1.54) is 11.3 Å². The van der Waals surface area contributed by atoms with Crippen molar-refractivity contribution in [1.82, 2.24) is 10.2 Å². The molecule has 0 atom stereocenters. The lowest BCUT2D eigenvalue weighted by molar-refractivity contribution is 0.0786. The lowest BCUT2D eigenvalue weighted by Gasteiger charge is -2.16. The van der Waals surface area contributed by atoms with E-state index < -0.39 is 6.03 Å². The second-order valence-electron chi connectivity index (χ2n) is 4.78. The number of amides is 3. The van der Waals surface area contributed by atoms with Crippen LogP contribution in [-0.4, -0.2) is 23.9 Å². The van der Waals surface area contributed by atoms with E-state index in [-0.39, 0.29) is 5.91 Å². The first-order valence-corrected chi connectivity index (χ1v) is 7.77. The summed E-state index contributed by atoms with van der Waals surface area (Å²) >= 11 is 7.35. The second-order valence-corrected chi connectivity index (χ2v) is 6.58. The number of benzene rings is 1. The van der Waals surface area contributed by atoms with E-state index in [0.717, 1.165) is 10.4 Å². The number of halogens is 1. The zero-order valence-electron chi connectivity index (χ0n) is 12.0. The van der Waals surface area contributed by atoms with Gasteiger partial charge in [0.05, 0.1) is 10.9 Å². The molecule has 0 radical (unpaired) electrons. The molecular formula is C15H16ClN3O2S. The molecule has 22 heavy (non-hydrogen) atoms. The third-order valence-corrected chi connectivity index (χ3v) is 4.25. The molecule has 1 aromatic heterocycles. The number of thiophene rings is 1. The highest BCUT2D eigenvalue weighted by atomic mass is 35.5. The maximum Gasteiger partial charge on any atom is 0.312 e. The van der Waals surface area contributed by atoms with Crippen LogP contribution in [0.1, 0.15) is 20.8 Å². The molecule has 3 amide bonds. The topological polar surface area (TPSA) is 75.4 Å². The van der Waals surface area contributed by atoms with Crippen LogP contribution in [0.4, 0.5) is 4.79 Å². The Balaban J connectivity index is 1.97. The molecule has 0 aliphatic heterocycles. The van der Waals surface area contributed by atoms with Gasteiger partial charge in [0, 0.05) is 24.0 Å². The summed E-state index contributed by atoms with van der Waals surface area (Å²) in [5.41, 5.74) is 6.48. The van der Waals surface area contributed by atoms with Crippen molar-refractivity contribution in [2.75, 3.05) is 7.05 Å². The lowest BCUT2D eigenvalue weighted by atomic mass is 10.1. The molecule has 0 fully saturated rings. The zero-order chi connectivity index (χ0) is 16.1. The molecule has 0 spiro atoms. The first-order chi connectivity index (χ1) is 10.5. The van der Waals surface area contributed by atoms with Gasteiger partial charge in [-0.1, -0.05) is 23.7 Å². The average molecular weight is 338 g/mol. The quantitative estimate of drug-likeness (QED) is 0.880. The Labute approximate surface area is 137 Å². The van der Waals surface area contributed by atoms with Crippen LogP contribution in [0, 0.1) is 0 Å². The van der Waals surface area contributed by atoms with Gasteiger partial charge in [-0.15, -0.1) is 11.3 Å². The number of nitrogens with one attached hydrogen (secondary N) is 1. The number of hydrogen-bond acceptors (Lipinski definition) is 3. The molecular weight excluding hydrogens is 322 g/mol. The Kier molecular flexibility index (Phi) is 5.41. The van der Waals surface area contributed by atoms with Crippen molar-refractivity contribution in [2.24, 2.45) is 5.73 Å². The van der Waals surface area contributed by atoms with Crippen molar-refractivity contribution in [3.05, 3.63) is 56.7 Å². The molecule has 0 bridgehead atoms. The van der Waals surface area contributed by atoms with E-state index in [1.54, 1.807) is 36.2 Å². The van der Waals surface area contributed by atoms with Crippen molar-refractivity contribution in [3.8, 4) is 0 Å². The number of urea groups is 1. The zero-order valence-corrected chi connectivity index (χ0v) is 13.6. The maximum atomic E-state index is 12.3. The predicted molar refractivity (Wildman–Crippen MR) is 88.0 cm³/mol. The van der Waals surface area contributed by atoms with Gasteiger partial charge in [-0.25, -0.2) is 4.79 Å². The standard InChI is InChI=1S/C15H16ClN3O2S/c1-19(9-12-6-7-13(16)22-12)14(20)11-4-2-10(3-5-11)8-18-15(17)21/h2-7H,8-9H2,1H3,(H3,17,18,21). The molecule has 3 N–H and O–H groups in total. The summed E-state index contributed by atoms with van der Waals surface area (Å²) in [6.45, 7) is 0.856. The Morgan fingerprint density at radius 2 is 1.91 bits per heavy atom.